The number of amidine groups is 1. The molecule has 0 aliphatic carbocycles. The number of carbonyl (C=O) groups excluding carboxylic acids is 2. The number of thiazole rings is 1. The number of fused-ring (bicyclic) bond motifs is 2. The maximum absolute atomic E-state index is 12.6. The van der Waals surface area contributed by atoms with Gasteiger partial charge in [0.1, 0.15) is 11.9 Å². The van der Waals surface area contributed by atoms with Crippen LogP contribution in [0.1, 0.15) is 32.1 Å². The molecule has 194 valence electrons. The van der Waals surface area contributed by atoms with Crippen LogP contribution in [0, 0.1) is 11.8 Å². The lowest BCUT2D eigenvalue weighted by atomic mass is 9.77. The highest BCUT2D eigenvalue weighted by molar-refractivity contribution is 7.98. The van der Waals surface area contributed by atoms with Crippen molar-refractivity contribution in [1.29, 1.82) is 0 Å². The lowest BCUT2D eigenvalue weighted by molar-refractivity contribution is -0.717. The lowest BCUT2D eigenvalue weighted by Gasteiger charge is -2.46. The van der Waals surface area contributed by atoms with Crippen molar-refractivity contribution in [1.82, 2.24) is 14.6 Å². The molecule has 0 spiro atoms. The molecule has 11 nitrogen and oxygen atoms in total. The number of amides is 2. The summed E-state index contributed by atoms with van der Waals surface area (Å²) in [6, 6.07) is -0.367. The first-order valence-electron chi connectivity index (χ1n) is 11.7. The third-order valence-electron chi connectivity index (χ3n) is 6.57. The number of aliphatic hydroxyl groups excluding tert-OH is 1. The molecule has 2 aliphatic heterocycles. The summed E-state index contributed by atoms with van der Waals surface area (Å²) in [5, 5.41) is 23.8. The summed E-state index contributed by atoms with van der Waals surface area (Å²) >= 11 is 2.93. The Balaban J connectivity index is 1.57. The van der Waals surface area contributed by atoms with Gasteiger partial charge in [0.05, 0.1) is 28.8 Å². The Labute approximate surface area is 216 Å². The highest BCUT2D eigenvalue weighted by Crippen LogP contribution is 2.51. The van der Waals surface area contributed by atoms with E-state index in [4.69, 9.17) is 5.73 Å². The van der Waals surface area contributed by atoms with Gasteiger partial charge in [-0.05, 0) is 26.5 Å². The van der Waals surface area contributed by atoms with Gasteiger partial charge in [-0.3, -0.25) is 14.6 Å². The standard InChI is InChI=1S/C23H30N6O5S2/c1-11-16(19(23(33)34)29-18(11)17(12(2)30)20(29)32)14-8-27-10-28(21(35-4)22(27)36-14)9-15(31)26-7-5-6-25-13(3)24/h8,10-12,17-18,30H,5-7,9H2,1-4H3,(H3-,24,25,26,31,33,34)/p+1/t11-,12+,17+,18+/m0/s1. The summed E-state index contributed by atoms with van der Waals surface area (Å²) in [6.07, 6.45) is 5.45. The number of hydrogen-bond acceptors (Lipinski definition) is 7. The number of carbonyl (C=O) groups is 3. The number of carboxylic acid groups (broad SMARTS) is 1. The molecule has 0 saturated carbocycles. The van der Waals surface area contributed by atoms with Crippen LogP contribution in [0.25, 0.3) is 10.4 Å². The zero-order valence-corrected chi connectivity index (χ0v) is 22.2. The van der Waals surface area contributed by atoms with E-state index in [0.29, 0.717) is 30.9 Å². The Morgan fingerprint density at radius 2 is 2.14 bits per heavy atom. The van der Waals surface area contributed by atoms with Gasteiger partial charge in [-0.15, -0.1) is 0 Å². The first-order valence-corrected chi connectivity index (χ1v) is 13.7. The molecule has 0 bridgehead atoms. The van der Waals surface area contributed by atoms with E-state index in [2.05, 4.69) is 10.3 Å². The molecule has 5 N–H and O–H groups in total. The summed E-state index contributed by atoms with van der Waals surface area (Å²) in [6.45, 7) is 6.41. The fourth-order valence-electron chi connectivity index (χ4n) is 5.04. The van der Waals surface area contributed by atoms with Crippen molar-refractivity contribution in [3.05, 3.63) is 23.1 Å². The fraction of sp³-hybridized carbons (Fsp3) is 0.522. The Hall–Kier alpha value is -2.90. The molecule has 0 aromatic carbocycles. The third kappa shape index (κ3) is 4.50. The Kier molecular flexibility index (Phi) is 7.43. The van der Waals surface area contributed by atoms with Gasteiger partial charge >= 0.3 is 5.97 Å². The molecule has 13 heteroatoms. The molecule has 4 heterocycles. The number of aromatic nitrogens is 2. The van der Waals surface area contributed by atoms with E-state index in [1.165, 1.54) is 28.0 Å². The van der Waals surface area contributed by atoms with Crippen molar-refractivity contribution in [3.8, 4) is 0 Å². The zero-order chi connectivity index (χ0) is 26.3. The molecular weight excluding hydrogens is 504 g/mol. The van der Waals surface area contributed by atoms with E-state index in [-0.39, 0.29) is 36.0 Å². The summed E-state index contributed by atoms with van der Waals surface area (Å²) in [7, 11) is 0. The number of aliphatic hydroxyl groups is 1. The van der Waals surface area contributed by atoms with Gasteiger partial charge in [0, 0.05) is 24.6 Å². The van der Waals surface area contributed by atoms with E-state index >= 15 is 0 Å². The van der Waals surface area contributed by atoms with Crippen LogP contribution in [0.2, 0.25) is 0 Å². The van der Waals surface area contributed by atoms with Crippen molar-refractivity contribution in [2.24, 2.45) is 22.6 Å². The quantitative estimate of drug-likeness (QED) is 0.0865. The molecule has 36 heavy (non-hydrogen) atoms. The fourth-order valence-corrected chi connectivity index (χ4v) is 7.22. The van der Waals surface area contributed by atoms with Crippen molar-refractivity contribution in [2.75, 3.05) is 19.3 Å². The van der Waals surface area contributed by atoms with Crippen LogP contribution in [0.15, 0.2) is 28.2 Å². The zero-order valence-electron chi connectivity index (χ0n) is 20.6. The molecule has 4 rings (SSSR count). The molecule has 1 fully saturated rings. The molecule has 1 saturated heterocycles. The molecule has 0 unspecified atom stereocenters. The second-order valence-corrected chi connectivity index (χ2v) is 10.9. The number of nitrogens with two attached hydrogens (primary N) is 1. The second kappa shape index (κ2) is 10.2. The number of hydrogen-bond donors (Lipinski definition) is 4. The van der Waals surface area contributed by atoms with Crippen LogP contribution in [-0.4, -0.2) is 74.6 Å². The van der Waals surface area contributed by atoms with E-state index in [1.54, 1.807) is 13.8 Å². The predicted octanol–water partition coefficient (Wildman–Crippen LogP) is 0.547. The number of aliphatic imine (C=N–C) groups is 1. The van der Waals surface area contributed by atoms with Crippen LogP contribution in [0.5, 0.6) is 0 Å². The largest absolute Gasteiger partial charge is 0.477 e. The summed E-state index contributed by atoms with van der Waals surface area (Å²) < 4.78 is 3.75. The van der Waals surface area contributed by atoms with Crippen LogP contribution in [-0.2, 0) is 20.9 Å². The third-order valence-corrected chi connectivity index (χ3v) is 8.66. The molecule has 0 radical (unpaired) electrons. The van der Waals surface area contributed by atoms with Crippen LogP contribution >= 0.6 is 23.1 Å². The van der Waals surface area contributed by atoms with Crippen molar-refractivity contribution >= 4 is 57.1 Å². The highest BCUT2D eigenvalue weighted by Gasteiger charge is 2.60. The Morgan fingerprint density at radius 1 is 1.42 bits per heavy atom. The van der Waals surface area contributed by atoms with E-state index in [0.717, 1.165) is 14.7 Å². The molecule has 2 aromatic heterocycles. The number of thioether (sulfide) groups is 1. The molecule has 2 aromatic rings. The van der Waals surface area contributed by atoms with Gasteiger partial charge in [0.25, 0.3) is 12.2 Å². The van der Waals surface area contributed by atoms with Crippen molar-refractivity contribution < 1.29 is 29.2 Å². The molecule has 2 aliphatic rings. The molecule has 2 amide bonds. The average Bonchev–Trinajstić information content (AvgIpc) is 3.40. The summed E-state index contributed by atoms with van der Waals surface area (Å²) in [4.78, 5) is 44.4. The van der Waals surface area contributed by atoms with Crippen LogP contribution in [0.4, 0.5) is 0 Å². The monoisotopic (exact) mass is 535 g/mol. The molecular formula is C23H31N6O5S2+. The SMILES string of the molecule is CSc1c2sc(C3=C(C(=O)O)N4C(=O)[C@H]([C@@H](C)O)[C@H]4[C@H]3C)cn2c[n+]1CC(=O)NCCCN=C(C)N. The second-order valence-electron chi connectivity index (χ2n) is 9.11. The number of aliphatic carboxylic acids is 1. The first-order chi connectivity index (χ1) is 17.1. The number of nitrogens with zero attached hydrogens (tertiary/aromatic N) is 4. The van der Waals surface area contributed by atoms with Crippen LogP contribution < -0.4 is 15.6 Å². The predicted molar refractivity (Wildman–Crippen MR) is 137 cm³/mol. The Bertz CT molecular complexity index is 1280. The number of β-lactam (4-membered cyclic amide) rings is 1. The van der Waals surface area contributed by atoms with Gasteiger partial charge in [0.15, 0.2) is 6.54 Å². The summed E-state index contributed by atoms with van der Waals surface area (Å²) in [5.41, 5.74) is 6.11. The van der Waals surface area contributed by atoms with Gasteiger partial charge in [-0.1, -0.05) is 30.0 Å². The lowest BCUT2D eigenvalue weighted by Crippen LogP contribution is -2.63. The maximum Gasteiger partial charge on any atom is 0.352 e. The van der Waals surface area contributed by atoms with Crippen molar-refractivity contribution in [2.45, 2.75) is 50.9 Å². The number of nitrogens with one attached hydrogen (secondary N) is 1. The normalized spacial score (nSPS) is 22.7. The Morgan fingerprint density at radius 3 is 2.75 bits per heavy atom. The first kappa shape index (κ1) is 26.2. The average molecular weight is 536 g/mol. The molecule has 4 atom stereocenters. The maximum atomic E-state index is 12.6. The van der Waals surface area contributed by atoms with Gasteiger partial charge in [0.2, 0.25) is 15.8 Å². The van der Waals surface area contributed by atoms with E-state index in [9.17, 15) is 24.6 Å². The van der Waals surface area contributed by atoms with Crippen LogP contribution in [0.3, 0.4) is 0 Å². The number of rotatable bonds is 10. The minimum absolute atomic E-state index is 0.00831. The summed E-state index contributed by atoms with van der Waals surface area (Å²) in [5.74, 6) is -1.94. The van der Waals surface area contributed by atoms with Gasteiger partial charge < -0.3 is 26.2 Å². The topological polar surface area (TPSA) is 154 Å². The van der Waals surface area contributed by atoms with Crippen molar-refractivity contribution in [3.63, 3.8) is 0 Å². The minimum atomic E-state index is -1.15. The minimum Gasteiger partial charge on any atom is -0.477 e. The highest BCUT2D eigenvalue weighted by atomic mass is 32.2. The van der Waals surface area contributed by atoms with Gasteiger partial charge in [-0.25, -0.2) is 9.36 Å². The number of carboxylic acids is 1. The van der Waals surface area contributed by atoms with E-state index < -0.39 is 18.0 Å². The van der Waals surface area contributed by atoms with Gasteiger partial charge in [-0.2, -0.15) is 4.40 Å². The van der Waals surface area contributed by atoms with E-state index in [1.807, 2.05) is 34.7 Å². The number of imidazole rings is 1. The smallest absolute Gasteiger partial charge is 0.352 e.